The fraction of sp³-hybridized carbons (Fsp3) is 0.917. The van der Waals surface area contributed by atoms with Crippen LogP contribution in [0.3, 0.4) is 0 Å². The SMILES string of the molecule is COC(=O)CCCCCCCCO[C@@H]1O[C@H](CO)[C@@H](O)[C@H](O[C@@H]2O[C@H](COP(=O)(O)O)[C@H](O)[C@H](OP(=O)(O)O)[C@H]2O)[C@H]1NC(C)=O. The topological polar surface area (TPSA) is 307 Å². The van der Waals surface area contributed by atoms with Gasteiger partial charge in [0.2, 0.25) is 5.91 Å². The van der Waals surface area contributed by atoms with E-state index in [1.807, 2.05) is 0 Å². The molecule has 0 radical (unpaired) electrons. The Labute approximate surface area is 264 Å². The van der Waals surface area contributed by atoms with E-state index < -0.39 is 96.1 Å². The number of aliphatic hydroxyl groups excluding tert-OH is 4. The summed E-state index contributed by atoms with van der Waals surface area (Å²) < 4.78 is 58.9. The fourth-order valence-electron chi connectivity index (χ4n) is 4.90. The van der Waals surface area contributed by atoms with Crippen LogP contribution in [0, 0.1) is 0 Å². The van der Waals surface area contributed by atoms with Gasteiger partial charge in [-0.15, -0.1) is 0 Å². The third kappa shape index (κ3) is 13.8. The summed E-state index contributed by atoms with van der Waals surface area (Å²) in [5.41, 5.74) is 0. The minimum atomic E-state index is -5.38. The Bertz CT molecular complexity index is 1040. The molecule has 0 aliphatic carbocycles. The Hall–Kier alpha value is -1.16. The second-order valence-corrected chi connectivity index (χ2v) is 13.2. The van der Waals surface area contributed by atoms with Gasteiger partial charge in [-0.2, -0.15) is 0 Å². The number of phosphoric ester groups is 2. The number of hydrogen-bond acceptors (Lipinski definition) is 15. The molecule has 2 heterocycles. The summed E-state index contributed by atoms with van der Waals surface area (Å²) in [5.74, 6) is -0.901. The third-order valence-electron chi connectivity index (χ3n) is 7.11. The summed E-state index contributed by atoms with van der Waals surface area (Å²) in [6.07, 6.45) is -11.4. The van der Waals surface area contributed by atoms with Crippen molar-refractivity contribution in [3.63, 3.8) is 0 Å². The van der Waals surface area contributed by atoms with Gasteiger partial charge in [0, 0.05) is 20.0 Å². The number of amides is 1. The lowest BCUT2D eigenvalue weighted by molar-refractivity contribution is -0.343. The predicted octanol–water partition coefficient (Wildman–Crippen LogP) is -2.09. The Balaban J connectivity index is 2.17. The molecule has 2 fully saturated rings. The second-order valence-electron chi connectivity index (χ2n) is 10.7. The molecule has 0 spiro atoms. The maximum absolute atomic E-state index is 12.1. The van der Waals surface area contributed by atoms with E-state index in [1.165, 1.54) is 7.11 Å². The van der Waals surface area contributed by atoms with E-state index in [0.29, 0.717) is 19.3 Å². The normalized spacial score (nSPS) is 32.2. The summed E-state index contributed by atoms with van der Waals surface area (Å²) in [7, 11) is -9.18. The van der Waals surface area contributed by atoms with E-state index >= 15 is 0 Å². The van der Waals surface area contributed by atoms with Gasteiger partial charge in [-0.3, -0.25) is 18.6 Å². The van der Waals surface area contributed by atoms with Crippen LogP contribution in [0.15, 0.2) is 0 Å². The van der Waals surface area contributed by atoms with Crippen molar-refractivity contribution in [2.75, 3.05) is 26.9 Å². The zero-order valence-corrected chi connectivity index (χ0v) is 27.1. The first-order valence-corrected chi connectivity index (χ1v) is 17.5. The minimum Gasteiger partial charge on any atom is -0.469 e. The fourth-order valence-corrected chi connectivity index (χ4v) is 5.81. The number of ether oxygens (including phenoxy) is 5. The number of nitrogens with one attached hydrogen (secondary N) is 1. The highest BCUT2D eigenvalue weighted by molar-refractivity contribution is 7.46. The number of aliphatic hydroxyl groups is 4. The monoisotopic (exact) mass is 713 g/mol. The first-order chi connectivity index (χ1) is 21.5. The molecular weight excluding hydrogens is 668 g/mol. The van der Waals surface area contributed by atoms with Crippen LogP contribution in [0.5, 0.6) is 0 Å². The Kier molecular flexibility index (Phi) is 17.1. The number of rotatable bonds is 19. The summed E-state index contributed by atoms with van der Waals surface area (Å²) >= 11 is 0. The molecule has 0 aromatic rings. The molecule has 0 bridgehead atoms. The average molecular weight is 714 g/mol. The molecule has 0 aromatic carbocycles. The standard InChI is InChI=1S/C24H45NO19P2/c1-13(27)25-17-21(18(29)14(11-26)41-23(17)39-10-8-6-4-3-5-7-9-16(28)38-2)43-24-20(31)22(44-46(35,36)37)19(30)15(42-24)12-40-45(32,33)34/h14-15,17-24,26,29-31H,3-12H2,1-2H3,(H,25,27)(H2,32,33,34)(H2,35,36,37)/t14-,15-,17-,18-,19+,20-,21-,22+,23-,24+/m1/s1. The third-order valence-corrected chi connectivity index (χ3v) is 8.11. The molecular formula is C24H45NO19P2. The summed E-state index contributed by atoms with van der Waals surface area (Å²) in [6.45, 7) is -0.561. The smallest absolute Gasteiger partial charge is 0.469 e. The van der Waals surface area contributed by atoms with Gasteiger partial charge < -0.3 is 69.0 Å². The molecule has 9 N–H and O–H groups in total. The van der Waals surface area contributed by atoms with Gasteiger partial charge in [-0.05, 0) is 12.8 Å². The zero-order valence-electron chi connectivity index (χ0n) is 25.3. The van der Waals surface area contributed by atoms with Crippen molar-refractivity contribution in [3.05, 3.63) is 0 Å². The summed E-state index contributed by atoms with van der Waals surface area (Å²) in [6, 6.07) is -1.32. The molecule has 46 heavy (non-hydrogen) atoms. The van der Waals surface area contributed by atoms with Crippen molar-refractivity contribution in [2.45, 2.75) is 113 Å². The molecule has 10 atom stereocenters. The van der Waals surface area contributed by atoms with Gasteiger partial charge in [-0.25, -0.2) is 9.13 Å². The van der Waals surface area contributed by atoms with Gasteiger partial charge in [-0.1, -0.05) is 25.7 Å². The van der Waals surface area contributed by atoms with Gasteiger partial charge in [0.1, 0.15) is 48.8 Å². The molecule has 20 nitrogen and oxygen atoms in total. The maximum Gasteiger partial charge on any atom is 0.470 e. The van der Waals surface area contributed by atoms with Gasteiger partial charge in [0.25, 0.3) is 0 Å². The molecule has 270 valence electrons. The zero-order chi connectivity index (χ0) is 34.7. The van der Waals surface area contributed by atoms with Crippen molar-refractivity contribution in [1.82, 2.24) is 5.32 Å². The number of esters is 1. The van der Waals surface area contributed by atoms with Crippen molar-refractivity contribution >= 4 is 27.5 Å². The molecule has 22 heteroatoms. The quantitative estimate of drug-likeness (QED) is 0.0394. The number of hydrogen-bond donors (Lipinski definition) is 9. The van der Waals surface area contributed by atoms with Gasteiger partial charge >= 0.3 is 21.6 Å². The minimum absolute atomic E-state index is 0.110. The highest BCUT2D eigenvalue weighted by atomic mass is 31.2. The van der Waals surface area contributed by atoms with Crippen molar-refractivity contribution < 1.29 is 91.5 Å². The van der Waals surface area contributed by atoms with E-state index in [0.717, 1.165) is 32.6 Å². The second kappa shape index (κ2) is 19.1. The number of phosphoric acid groups is 2. The Morgan fingerprint density at radius 1 is 0.804 bits per heavy atom. The Morgan fingerprint density at radius 3 is 1.96 bits per heavy atom. The average Bonchev–Trinajstić information content (AvgIpc) is 2.96. The van der Waals surface area contributed by atoms with Gasteiger partial charge in [0.05, 0.1) is 20.3 Å². The van der Waals surface area contributed by atoms with Crippen molar-refractivity contribution in [1.29, 1.82) is 0 Å². The number of methoxy groups -OCH3 is 1. The van der Waals surface area contributed by atoms with Crippen LogP contribution in [0.1, 0.15) is 51.9 Å². The molecule has 0 aromatic heterocycles. The van der Waals surface area contributed by atoms with Crippen molar-refractivity contribution in [2.24, 2.45) is 0 Å². The van der Waals surface area contributed by atoms with Crippen LogP contribution in [0.25, 0.3) is 0 Å². The van der Waals surface area contributed by atoms with Crippen LogP contribution in [0.4, 0.5) is 0 Å². The van der Waals surface area contributed by atoms with Crippen LogP contribution < -0.4 is 5.32 Å². The van der Waals surface area contributed by atoms with E-state index in [9.17, 15) is 48.9 Å². The van der Waals surface area contributed by atoms with Crippen LogP contribution >= 0.6 is 15.6 Å². The first kappa shape index (κ1) is 41.0. The molecule has 2 aliphatic heterocycles. The number of carbonyl (C=O) groups excluding carboxylic acids is 2. The molecule has 0 saturated carbocycles. The Morgan fingerprint density at radius 2 is 1.39 bits per heavy atom. The highest BCUT2D eigenvalue weighted by Crippen LogP contribution is 2.43. The van der Waals surface area contributed by atoms with E-state index in [-0.39, 0.29) is 12.6 Å². The first-order valence-electron chi connectivity index (χ1n) is 14.5. The molecule has 2 rings (SSSR count). The van der Waals surface area contributed by atoms with Crippen LogP contribution in [0.2, 0.25) is 0 Å². The van der Waals surface area contributed by atoms with Gasteiger partial charge in [0.15, 0.2) is 12.6 Å². The lowest BCUT2D eigenvalue weighted by atomic mass is 9.95. The number of unbranched alkanes of at least 4 members (excludes halogenated alkanes) is 5. The molecule has 0 unspecified atom stereocenters. The summed E-state index contributed by atoms with van der Waals surface area (Å²) in [5, 5.41) is 44.7. The lowest BCUT2D eigenvalue weighted by Gasteiger charge is -2.48. The van der Waals surface area contributed by atoms with E-state index in [4.69, 9.17) is 28.7 Å². The maximum atomic E-state index is 12.1. The lowest BCUT2D eigenvalue weighted by Crippen LogP contribution is -2.68. The molecule has 2 aliphatic rings. The molecule has 1 amide bonds. The summed E-state index contributed by atoms with van der Waals surface area (Å²) in [4.78, 5) is 60.0. The van der Waals surface area contributed by atoms with E-state index in [2.05, 4.69) is 19.1 Å². The predicted molar refractivity (Wildman–Crippen MR) is 150 cm³/mol. The largest absolute Gasteiger partial charge is 0.470 e. The van der Waals surface area contributed by atoms with Crippen molar-refractivity contribution in [3.8, 4) is 0 Å². The van der Waals surface area contributed by atoms with Crippen LogP contribution in [-0.2, 0) is 51.5 Å². The number of carbonyl (C=O) groups is 2. The highest BCUT2D eigenvalue weighted by Gasteiger charge is 2.53. The van der Waals surface area contributed by atoms with Crippen LogP contribution in [-0.4, -0.2) is 140 Å². The molecule has 2 saturated heterocycles. The van der Waals surface area contributed by atoms with E-state index in [1.54, 1.807) is 0 Å².